The lowest BCUT2D eigenvalue weighted by Crippen LogP contribution is -2.41. The summed E-state index contributed by atoms with van der Waals surface area (Å²) in [5, 5.41) is 10.3. The Hall–Kier alpha value is -3.72. The fourth-order valence-corrected chi connectivity index (χ4v) is 5.20. The van der Waals surface area contributed by atoms with E-state index in [1.54, 1.807) is 24.6 Å². The van der Waals surface area contributed by atoms with Gasteiger partial charge in [0.15, 0.2) is 5.65 Å². The van der Waals surface area contributed by atoms with E-state index >= 15 is 0 Å². The van der Waals surface area contributed by atoms with Crippen LogP contribution in [0.3, 0.4) is 0 Å². The van der Waals surface area contributed by atoms with Gasteiger partial charge in [0.05, 0.1) is 36.5 Å². The molecule has 1 saturated heterocycles. The second-order valence-electron chi connectivity index (χ2n) is 8.69. The molecule has 4 heterocycles. The summed E-state index contributed by atoms with van der Waals surface area (Å²) in [6.45, 7) is 3.56. The molecule has 3 aromatic heterocycles. The maximum Gasteiger partial charge on any atom is 0.254 e. The number of likely N-dealkylation sites (tertiary alicyclic amines) is 1. The maximum absolute atomic E-state index is 13.5. The van der Waals surface area contributed by atoms with E-state index in [2.05, 4.69) is 21.5 Å². The summed E-state index contributed by atoms with van der Waals surface area (Å²) < 4.78 is 7.17. The van der Waals surface area contributed by atoms with Gasteiger partial charge in [0.25, 0.3) is 5.91 Å². The lowest BCUT2D eigenvalue weighted by molar-refractivity contribution is -0.121. The van der Waals surface area contributed by atoms with E-state index in [0.29, 0.717) is 55.1 Å². The van der Waals surface area contributed by atoms with E-state index < -0.39 is 0 Å². The molecule has 1 aliphatic heterocycles. The number of methoxy groups -OCH3 is 1. The number of anilines is 1. The predicted molar refractivity (Wildman–Crippen MR) is 136 cm³/mol. The molecule has 9 heteroatoms. The van der Waals surface area contributed by atoms with Crippen molar-refractivity contribution in [2.24, 2.45) is 5.92 Å². The number of amides is 2. The van der Waals surface area contributed by atoms with Gasteiger partial charge in [-0.15, -0.1) is 11.3 Å². The van der Waals surface area contributed by atoms with Crippen molar-refractivity contribution in [2.75, 3.05) is 25.5 Å². The fraction of sp³-hybridized carbons (Fsp3) is 0.308. The molecule has 8 nitrogen and oxygen atoms in total. The minimum atomic E-state index is -0.156. The molecule has 35 heavy (non-hydrogen) atoms. The van der Waals surface area contributed by atoms with Gasteiger partial charge in [-0.1, -0.05) is 18.2 Å². The van der Waals surface area contributed by atoms with Gasteiger partial charge >= 0.3 is 0 Å². The summed E-state index contributed by atoms with van der Waals surface area (Å²) in [5.41, 5.74) is 2.77. The van der Waals surface area contributed by atoms with Crippen molar-refractivity contribution in [3.63, 3.8) is 0 Å². The minimum Gasteiger partial charge on any atom is -0.495 e. The van der Waals surface area contributed by atoms with E-state index in [0.717, 1.165) is 11.1 Å². The zero-order chi connectivity index (χ0) is 24.4. The van der Waals surface area contributed by atoms with Crippen molar-refractivity contribution < 1.29 is 14.3 Å². The van der Waals surface area contributed by atoms with Crippen molar-refractivity contribution in [1.29, 1.82) is 0 Å². The molecule has 1 N–H and O–H groups in total. The van der Waals surface area contributed by atoms with Crippen LogP contribution in [0.4, 0.5) is 5.69 Å². The smallest absolute Gasteiger partial charge is 0.254 e. The van der Waals surface area contributed by atoms with Gasteiger partial charge in [-0.3, -0.25) is 9.59 Å². The number of thiophene rings is 1. The van der Waals surface area contributed by atoms with E-state index in [1.165, 1.54) is 4.88 Å². The Balaban J connectivity index is 1.28. The maximum atomic E-state index is 13.5. The van der Waals surface area contributed by atoms with Gasteiger partial charge < -0.3 is 15.0 Å². The quantitative estimate of drug-likeness (QED) is 0.435. The van der Waals surface area contributed by atoms with Crippen LogP contribution < -0.4 is 10.1 Å². The number of hydrogen-bond acceptors (Lipinski definition) is 6. The molecule has 1 fully saturated rings. The molecule has 2 amide bonds. The number of aromatic nitrogens is 3. The van der Waals surface area contributed by atoms with Crippen LogP contribution in [-0.2, 0) is 11.3 Å². The number of ether oxygens (including phenoxy) is 1. The van der Waals surface area contributed by atoms with Crippen molar-refractivity contribution in [3.8, 4) is 5.75 Å². The number of nitrogens with one attached hydrogen (secondary N) is 1. The molecule has 0 aliphatic carbocycles. The third-order valence-electron chi connectivity index (χ3n) is 6.37. The number of nitrogens with zero attached hydrogens (tertiary/aromatic N) is 4. The SMILES string of the molecule is COc1ccccc1NC(=O)C1CCN(C(=O)c2cc(C)nc3c2cnn3Cc2cccs2)CC1. The van der Waals surface area contributed by atoms with Crippen LogP contribution in [0.5, 0.6) is 5.75 Å². The highest BCUT2D eigenvalue weighted by Gasteiger charge is 2.29. The molecule has 1 aliphatic rings. The van der Waals surface area contributed by atoms with Gasteiger partial charge in [0, 0.05) is 29.6 Å². The molecule has 0 atom stereocenters. The molecule has 180 valence electrons. The number of pyridine rings is 1. The molecule has 0 spiro atoms. The molecule has 0 bridgehead atoms. The molecule has 0 saturated carbocycles. The van der Waals surface area contributed by atoms with Crippen LogP contribution in [0.25, 0.3) is 11.0 Å². The number of carbonyl (C=O) groups is 2. The number of aryl methyl sites for hydroxylation is 1. The topological polar surface area (TPSA) is 89.3 Å². The fourth-order valence-electron chi connectivity index (χ4n) is 4.51. The highest BCUT2D eigenvalue weighted by atomic mass is 32.1. The van der Waals surface area contributed by atoms with Crippen LogP contribution in [0.2, 0.25) is 0 Å². The highest BCUT2D eigenvalue weighted by Crippen LogP contribution is 2.27. The van der Waals surface area contributed by atoms with E-state index in [4.69, 9.17) is 4.74 Å². The Morgan fingerprint density at radius 2 is 1.97 bits per heavy atom. The largest absolute Gasteiger partial charge is 0.495 e. The first kappa shape index (κ1) is 23.0. The van der Waals surface area contributed by atoms with Crippen molar-refractivity contribution in [3.05, 3.63) is 70.2 Å². The minimum absolute atomic E-state index is 0.0419. The predicted octanol–water partition coefficient (Wildman–Crippen LogP) is 4.35. The Bertz CT molecular complexity index is 1360. The van der Waals surface area contributed by atoms with Gasteiger partial charge in [-0.25, -0.2) is 9.67 Å². The number of para-hydroxylation sites is 2. The molecule has 0 unspecified atom stereocenters. The lowest BCUT2D eigenvalue weighted by Gasteiger charge is -2.31. The monoisotopic (exact) mass is 489 g/mol. The number of fused-ring (bicyclic) bond motifs is 1. The summed E-state index contributed by atoms with van der Waals surface area (Å²) in [5.74, 6) is 0.389. The second-order valence-corrected chi connectivity index (χ2v) is 9.72. The Morgan fingerprint density at radius 3 is 2.71 bits per heavy atom. The van der Waals surface area contributed by atoms with Crippen molar-refractivity contribution in [2.45, 2.75) is 26.3 Å². The summed E-state index contributed by atoms with van der Waals surface area (Å²) in [7, 11) is 1.58. The highest BCUT2D eigenvalue weighted by molar-refractivity contribution is 7.09. The van der Waals surface area contributed by atoms with E-state index in [1.807, 2.05) is 58.3 Å². The number of piperidine rings is 1. The third-order valence-corrected chi connectivity index (χ3v) is 7.23. The molecule has 1 aromatic carbocycles. The number of hydrogen-bond donors (Lipinski definition) is 1. The first-order valence-electron chi connectivity index (χ1n) is 11.6. The average Bonchev–Trinajstić information content (AvgIpc) is 3.54. The first-order valence-corrected chi connectivity index (χ1v) is 12.5. The Morgan fingerprint density at radius 1 is 1.17 bits per heavy atom. The van der Waals surface area contributed by atoms with Crippen LogP contribution in [0, 0.1) is 12.8 Å². The molecule has 0 radical (unpaired) electrons. The Kier molecular flexibility index (Phi) is 6.50. The van der Waals surface area contributed by atoms with Gasteiger partial charge in [-0.2, -0.15) is 5.10 Å². The van der Waals surface area contributed by atoms with Crippen LogP contribution >= 0.6 is 11.3 Å². The van der Waals surface area contributed by atoms with Crippen LogP contribution in [0.1, 0.15) is 33.8 Å². The van der Waals surface area contributed by atoms with Gasteiger partial charge in [0.2, 0.25) is 5.91 Å². The average molecular weight is 490 g/mol. The van der Waals surface area contributed by atoms with E-state index in [-0.39, 0.29) is 17.7 Å². The Labute approximate surface area is 207 Å². The third kappa shape index (κ3) is 4.77. The number of rotatable bonds is 6. The summed E-state index contributed by atoms with van der Waals surface area (Å²) in [6.07, 6.45) is 2.95. The normalized spacial score (nSPS) is 14.3. The van der Waals surface area contributed by atoms with Gasteiger partial charge in [0.1, 0.15) is 5.75 Å². The first-order chi connectivity index (χ1) is 17.0. The molecule has 5 rings (SSSR count). The summed E-state index contributed by atoms with van der Waals surface area (Å²) in [4.78, 5) is 34.0. The van der Waals surface area contributed by atoms with E-state index in [9.17, 15) is 9.59 Å². The zero-order valence-electron chi connectivity index (χ0n) is 19.7. The summed E-state index contributed by atoms with van der Waals surface area (Å²) >= 11 is 1.67. The zero-order valence-corrected chi connectivity index (χ0v) is 20.5. The molecular formula is C26H27N5O3S. The standard InChI is InChI=1S/C26H27N5O3S/c1-17-14-20(21-15-27-31(24(21)28-17)16-19-6-5-13-35-19)26(33)30-11-9-18(10-12-30)25(32)29-22-7-3-4-8-23(22)34-2/h3-8,13-15,18H,9-12,16H2,1-2H3,(H,29,32). The molecule has 4 aromatic rings. The number of benzene rings is 1. The van der Waals surface area contributed by atoms with Gasteiger partial charge in [-0.05, 0) is 49.4 Å². The second kappa shape index (κ2) is 9.87. The van der Waals surface area contributed by atoms with Crippen LogP contribution in [-0.4, -0.2) is 51.7 Å². The van der Waals surface area contributed by atoms with Crippen LogP contribution in [0.15, 0.2) is 54.0 Å². The summed E-state index contributed by atoms with van der Waals surface area (Å²) in [6, 6.07) is 13.3. The molecular weight excluding hydrogens is 462 g/mol. The number of carbonyl (C=O) groups excluding carboxylic acids is 2. The van der Waals surface area contributed by atoms with Crippen molar-refractivity contribution >= 4 is 39.9 Å². The van der Waals surface area contributed by atoms with Crippen molar-refractivity contribution in [1.82, 2.24) is 19.7 Å². The lowest BCUT2D eigenvalue weighted by atomic mass is 9.95.